The molecule has 2 unspecified atom stereocenters. The monoisotopic (exact) mass is 272 g/mol. The van der Waals surface area contributed by atoms with Crippen LogP contribution in [-0.4, -0.2) is 12.6 Å². The SMILES string of the molecule is CC(N)C(c1ccsc1)N1CCCc2ccccc21. The molecule has 3 heteroatoms. The lowest BCUT2D eigenvalue weighted by atomic mass is 9.95. The van der Waals surface area contributed by atoms with Gasteiger partial charge in [0.25, 0.3) is 0 Å². The Morgan fingerprint density at radius 3 is 2.84 bits per heavy atom. The van der Waals surface area contributed by atoms with Crippen molar-refractivity contribution >= 4 is 17.0 Å². The van der Waals surface area contributed by atoms with Gasteiger partial charge < -0.3 is 10.6 Å². The van der Waals surface area contributed by atoms with E-state index in [1.54, 1.807) is 11.3 Å². The number of rotatable bonds is 3. The second-order valence-electron chi connectivity index (χ2n) is 5.29. The predicted octanol–water partition coefficient (Wildman–Crippen LogP) is 3.59. The van der Waals surface area contributed by atoms with Crippen LogP contribution in [0, 0.1) is 0 Å². The van der Waals surface area contributed by atoms with E-state index in [-0.39, 0.29) is 12.1 Å². The fourth-order valence-corrected chi connectivity index (χ4v) is 3.75. The minimum atomic E-state index is 0.126. The summed E-state index contributed by atoms with van der Waals surface area (Å²) < 4.78 is 0. The second-order valence-corrected chi connectivity index (χ2v) is 6.07. The molecule has 1 aliphatic heterocycles. The van der Waals surface area contributed by atoms with Gasteiger partial charge in [0.2, 0.25) is 0 Å². The van der Waals surface area contributed by atoms with E-state index in [4.69, 9.17) is 5.73 Å². The van der Waals surface area contributed by atoms with Crippen LogP contribution in [0.4, 0.5) is 5.69 Å². The zero-order valence-corrected chi connectivity index (χ0v) is 12.1. The Morgan fingerprint density at radius 2 is 2.11 bits per heavy atom. The van der Waals surface area contributed by atoms with E-state index in [1.165, 1.54) is 29.7 Å². The molecule has 1 aliphatic rings. The fourth-order valence-electron chi connectivity index (χ4n) is 3.06. The van der Waals surface area contributed by atoms with Crippen LogP contribution in [0.5, 0.6) is 0 Å². The van der Waals surface area contributed by atoms with Crippen molar-refractivity contribution in [2.24, 2.45) is 5.73 Å². The number of aryl methyl sites for hydroxylation is 1. The highest BCUT2D eigenvalue weighted by atomic mass is 32.1. The van der Waals surface area contributed by atoms with Gasteiger partial charge in [0, 0.05) is 18.3 Å². The van der Waals surface area contributed by atoms with Gasteiger partial charge in [-0.15, -0.1) is 0 Å². The molecule has 0 radical (unpaired) electrons. The maximum atomic E-state index is 6.28. The molecule has 2 N–H and O–H groups in total. The first-order valence-electron chi connectivity index (χ1n) is 6.89. The van der Waals surface area contributed by atoms with Crippen molar-refractivity contribution in [1.29, 1.82) is 0 Å². The molecule has 1 aromatic heterocycles. The number of anilines is 1. The highest BCUT2D eigenvalue weighted by Gasteiger charge is 2.28. The summed E-state index contributed by atoms with van der Waals surface area (Å²) in [5, 5.41) is 4.37. The van der Waals surface area contributed by atoms with Crippen molar-refractivity contribution in [3.63, 3.8) is 0 Å². The summed E-state index contributed by atoms with van der Waals surface area (Å²) in [4.78, 5) is 2.49. The summed E-state index contributed by atoms with van der Waals surface area (Å²) in [6.45, 7) is 3.21. The van der Waals surface area contributed by atoms with Gasteiger partial charge in [-0.1, -0.05) is 18.2 Å². The van der Waals surface area contributed by atoms with Crippen LogP contribution in [0.15, 0.2) is 41.1 Å². The predicted molar refractivity (Wildman–Crippen MR) is 82.8 cm³/mol. The first-order valence-corrected chi connectivity index (χ1v) is 7.84. The van der Waals surface area contributed by atoms with Gasteiger partial charge in [0.15, 0.2) is 0 Å². The molecule has 0 aliphatic carbocycles. The maximum absolute atomic E-state index is 6.28. The number of benzene rings is 1. The molecule has 0 saturated carbocycles. The molecule has 100 valence electrons. The molecule has 2 atom stereocenters. The lowest BCUT2D eigenvalue weighted by molar-refractivity contribution is 0.511. The smallest absolute Gasteiger partial charge is 0.0698 e. The van der Waals surface area contributed by atoms with Crippen molar-refractivity contribution in [2.75, 3.05) is 11.4 Å². The minimum absolute atomic E-state index is 0.126. The number of thiophene rings is 1. The topological polar surface area (TPSA) is 29.3 Å². The molecule has 2 aromatic rings. The van der Waals surface area contributed by atoms with Crippen LogP contribution in [0.1, 0.15) is 30.5 Å². The van der Waals surface area contributed by atoms with Crippen molar-refractivity contribution in [3.8, 4) is 0 Å². The highest BCUT2D eigenvalue weighted by Crippen LogP contribution is 2.35. The molecule has 19 heavy (non-hydrogen) atoms. The summed E-state index contributed by atoms with van der Waals surface area (Å²) >= 11 is 1.75. The molecular weight excluding hydrogens is 252 g/mol. The van der Waals surface area contributed by atoms with Gasteiger partial charge in [0.05, 0.1) is 6.04 Å². The van der Waals surface area contributed by atoms with Crippen LogP contribution in [0.3, 0.4) is 0 Å². The van der Waals surface area contributed by atoms with Gasteiger partial charge in [-0.3, -0.25) is 0 Å². The normalized spacial score (nSPS) is 17.9. The molecule has 3 rings (SSSR count). The summed E-state index contributed by atoms with van der Waals surface area (Å²) in [6.07, 6.45) is 2.40. The molecule has 0 fully saturated rings. The molecule has 0 spiro atoms. The minimum Gasteiger partial charge on any atom is -0.363 e. The number of para-hydroxylation sites is 1. The van der Waals surface area contributed by atoms with E-state index < -0.39 is 0 Å². The molecule has 0 amide bonds. The average Bonchev–Trinajstić information content (AvgIpc) is 2.93. The van der Waals surface area contributed by atoms with Gasteiger partial charge in [-0.05, 0) is 53.8 Å². The van der Waals surface area contributed by atoms with E-state index in [1.807, 2.05) is 0 Å². The van der Waals surface area contributed by atoms with Gasteiger partial charge in [-0.2, -0.15) is 11.3 Å². The Kier molecular flexibility index (Phi) is 3.58. The Morgan fingerprint density at radius 1 is 1.26 bits per heavy atom. The maximum Gasteiger partial charge on any atom is 0.0698 e. The Hall–Kier alpha value is -1.32. The van der Waals surface area contributed by atoms with Crippen LogP contribution in [-0.2, 0) is 6.42 Å². The van der Waals surface area contributed by atoms with Gasteiger partial charge >= 0.3 is 0 Å². The van der Waals surface area contributed by atoms with Crippen LogP contribution in [0.25, 0.3) is 0 Å². The van der Waals surface area contributed by atoms with Gasteiger partial charge in [0.1, 0.15) is 0 Å². The van der Waals surface area contributed by atoms with E-state index >= 15 is 0 Å². The van der Waals surface area contributed by atoms with E-state index in [0.717, 1.165) is 6.54 Å². The third kappa shape index (κ3) is 2.40. The van der Waals surface area contributed by atoms with Crippen molar-refractivity contribution in [3.05, 3.63) is 52.2 Å². The molecule has 0 saturated heterocycles. The second kappa shape index (κ2) is 5.35. The molecule has 2 heterocycles. The fraction of sp³-hybridized carbons (Fsp3) is 0.375. The summed E-state index contributed by atoms with van der Waals surface area (Å²) in [7, 11) is 0. The highest BCUT2D eigenvalue weighted by molar-refractivity contribution is 7.08. The van der Waals surface area contributed by atoms with Crippen LogP contribution in [0.2, 0.25) is 0 Å². The number of nitrogens with two attached hydrogens (primary N) is 1. The first-order chi connectivity index (χ1) is 9.27. The lowest BCUT2D eigenvalue weighted by Crippen LogP contribution is -2.42. The van der Waals surface area contributed by atoms with Crippen molar-refractivity contribution in [2.45, 2.75) is 31.8 Å². The Balaban J connectivity index is 2.01. The summed E-state index contributed by atoms with van der Waals surface area (Å²) in [5.41, 5.74) is 10.4. The standard InChI is InChI=1S/C16H20N2S/c1-12(17)16(14-8-10-19-11-14)18-9-4-6-13-5-2-3-7-15(13)18/h2-3,5,7-8,10-12,16H,4,6,9,17H2,1H3. The van der Waals surface area contributed by atoms with Gasteiger partial charge in [-0.25, -0.2) is 0 Å². The zero-order valence-electron chi connectivity index (χ0n) is 11.3. The summed E-state index contributed by atoms with van der Waals surface area (Å²) in [5.74, 6) is 0. The first kappa shape index (κ1) is 12.7. The zero-order chi connectivity index (χ0) is 13.2. The molecule has 1 aromatic carbocycles. The quantitative estimate of drug-likeness (QED) is 0.925. The Labute approximate surface area is 118 Å². The van der Waals surface area contributed by atoms with Crippen LogP contribution >= 0.6 is 11.3 Å². The molecule has 0 bridgehead atoms. The van der Waals surface area contributed by atoms with E-state index in [9.17, 15) is 0 Å². The van der Waals surface area contributed by atoms with Crippen molar-refractivity contribution < 1.29 is 0 Å². The number of fused-ring (bicyclic) bond motifs is 1. The number of hydrogen-bond acceptors (Lipinski definition) is 3. The third-order valence-electron chi connectivity index (χ3n) is 3.86. The number of hydrogen-bond donors (Lipinski definition) is 1. The molecule has 2 nitrogen and oxygen atoms in total. The lowest BCUT2D eigenvalue weighted by Gasteiger charge is -2.39. The largest absolute Gasteiger partial charge is 0.363 e. The summed E-state index contributed by atoms with van der Waals surface area (Å²) in [6, 6.07) is 11.4. The number of nitrogens with zero attached hydrogens (tertiary/aromatic N) is 1. The van der Waals surface area contributed by atoms with E-state index in [2.05, 4.69) is 52.9 Å². The van der Waals surface area contributed by atoms with E-state index in [0.29, 0.717) is 0 Å². The third-order valence-corrected chi connectivity index (χ3v) is 4.57. The van der Waals surface area contributed by atoms with Crippen molar-refractivity contribution in [1.82, 2.24) is 0 Å². The van der Waals surface area contributed by atoms with Crippen LogP contribution < -0.4 is 10.6 Å². The Bertz CT molecular complexity index is 533. The average molecular weight is 272 g/mol. The molecular formula is C16H20N2S.